The van der Waals surface area contributed by atoms with Gasteiger partial charge in [-0.25, -0.2) is 19.3 Å². The molecule has 7 nitrogen and oxygen atoms in total. The van der Waals surface area contributed by atoms with E-state index >= 15 is 0 Å². The molecule has 0 saturated heterocycles. The first-order valence-corrected chi connectivity index (χ1v) is 13.7. The number of hydrogen-bond donors (Lipinski definition) is 0. The van der Waals surface area contributed by atoms with Crippen LogP contribution in [0, 0.1) is 17.1 Å². The quantitative estimate of drug-likeness (QED) is 0.195. The molecule has 0 N–H and O–H groups in total. The molecule has 6 heterocycles. The van der Waals surface area contributed by atoms with Crippen LogP contribution in [-0.2, 0) is 25.4 Å². The van der Waals surface area contributed by atoms with Crippen molar-refractivity contribution in [2.45, 2.75) is 58.0 Å². The van der Waals surface area contributed by atoms with Gasteiger partial charge in [0.05, 0.1) is 11.1 Å². The third kappa shape index (κ3) is 4.66. The molecule has 0 aliphatic rings. The van der Waals surface area contributed by atoms with Crippen molar-refractivity contribution in [1.82, 2.24) is 28.2 Å². The van der Waals surface area contributed by atoms with E-state index in [-0.39, 0.29) is 23.3 Å². The number of rotatable bonds is 7. The smallest absolute Gasteiger partial charge is 0.303 e. The van der Waals surface area contributed by atoms with E-state index < -0.39 is 11.7 Å². The Morgan fingerprint density at radius 2 is 1.48 bits per heavy atom. The highest BCUT2D eigenvalue weighted by molar-refractivity contribution is 5.58. The SMILES string of the molecule is CCc1cnc2c(F)cc(CC(C)c3cnc4c(C#N)cc(CC(C)c5cnc6c(C(F)(F)F)cccn56)cn34)cn12. The number of aryl methyl sites for hydroxylation is 1. The van der Waals surface area contributed by atoms with E-state index in [0.29, 0.717) is 35.4 Å². The van der Waals surface area contributed by atoms with Gasteiger partial charge in [0, 0.05) is 66.1 Å². The molecule has 0 aliphatic carbocycles. The summed E-state index contributed by atoms with van der Waals surface area (Å²) >= 11 is 0. The summed E-state index contributed by atoms with van der Waals surface area (Å²) in [4.78, 5) is 12.8. The first-order valence-electron chi connectivity index (χ1n) is 13.7. The fourth-order valence-electron chi connectivity index (χ4n) is 5.77. The molecule has 6 aromatic rings. The van der Waals surface area contributed by atoms with Crippen molar-refractivity contribution >= 4 is 16.9 Å². The zero-order chi connectivity index (χ0) is 29.8. The lowest BCUT2D eigenvalue weighted by Gasteiger charge is -2.16. The van der Waals surface area contributed by atoms with Gasteiger partial charge in [0.15, 0.2) is 17.1 Å². The highest BCUT2D eigenvalue weighted by atomic mass is 19.4. The van der Waals surface area contributed by atoms with Crippen molar-refractivity contribution in [2.75, 3.05) is 0 Å². The maximum Gasteiger partial charge on any atom is 0.419 e. The van der Waals surface area contributed by atoms with Crippen LogP contribution in [0.3, 0.4) is 0 Å². The van der Waals surface area contributed by atoms with Crippen molar-refractivity contribution in [1.29, 1.82) is 5.26 Å². The summed E-state index contributed by atoms with van der Waals surface area (Å²) in [6, 6.07) is 7.90. The van der Waals surface area contributed by atoms with Crippen LogP contribution in [0.2, 0.25) is 0 Å². The van der Waals surface area contributed by atoms with Crippen LogP contribution >= 0.6 is 0 Å². The first kappa shape index (κ1) is 27.4. The van der Waals surface area contributed by atoms with E-state index in [4.69, 9.17) is 0 Å². The van der Waals surface area contributed by atoms with Crippen LogP contribution < -0.4 is 0 Å². The summed E-state index contributed by atoms with van der Waals surface area (Å²) in [5.41, 5.74) is 4.36. The fraction of sp³-hybridized carbons (Fsp3) is 0.290. The number of nitrogens with zero attached hydrogens (tertiary/aromatic N) is 7. The average Bonchev–Trinajstić information content (AvgIpc) is 3.68. The number of aromatic nitrogens is 6. The molecular weight excluding hydrogens is 546 g/mol. The van der Waals surface area contributed by atoms with Gasteiger partial charge in [-0.2, -0.15) is 18.4 Å². The van der Waals surface area contributed by atoms with Crippen LogP contribution in [0.4, 0.5) is 17.6 Å². The number of alkyl halides is 3. The van der Waals surface area contributed by atoms with Crippen molar-refractivity contribution in [3.05, 3.63) is 107 Å². The van der Waals surface area contributed by atoms with Crippen molar-refractivity contribution < 1.29 is 17.6 Å². The number of pyridine rings is 3. The van der Waals surface area contributed by atoms with Gasteiger partial charge in [-0.1, -0.05) is 20.8 Å². The number of nitriles is 1. The molecule has 2 unspecified atom stereocenters. The van der Waals surface area contributed by atoms with E-state index in [1.54, 1.807) is 29.1 Å². The van der Waals surface area contributed by atoms with Gasteiger partial charge in [-0.05, 0) is 54.7 Å². The molecule has 11 heteroatoms. The molecule has 0 radical (unpaired) electrons. The molecule has 0 aliphatic heterocycles. The maximum atomic E-state index is 14.8. The van der Waals surface area contributed by atoms with Crippen molar-refractivity contribution in [3.8, 4) is 6.07 Å². The Morgan fingerprint density at radius 3 is 2.14 bits per heavy atom. The molecular formula is C31H27F4N7. The molecule has 0 spiro atoms. The highest BCUT2D eigenvalue weighted by Crippen LogP contribution is 2.34. The topological polar surface area (TPSA) is 75.7 Å². The molecule has 0 saturated carbocycles. The number of imidazole rings is 3. The Balaban J connectivity index is 1.32. The van der Waals surface area contributed by atoms with Gasteiger partial charge >= 0.3 is 6.18 Å². The predicted molar refractivity (Wildman–Crippen MR) is 149 cm³/mol. The molecule has 42 heavy (non-hydrogen) atoms. The molecule has 0 amide bonds. The summed E-state index contributed by atoms with van der Waals surface area (Å²) in [5, 5.41) is 9.90. The lowest BCUT2D eigenvalue weighted by molar-refractivity contribution is -0.136. The Hall–Kier alpha value is -4.72. The van der Waals surface area contributed by atoms with E-state index in [1.165, 1.54) is 22.7 Å². The van der Waals surface area contributed by atoms with Gasteiger partial charge in [-0.15, -0.1) is 0 Å². The normalized spacial score (nSPS) is 13.7. The second-order valence-corrected chi connectivity index (χ2v) is 10.8. The summed E-state index contributed by atoms with van der Waals surface area (Å²) in [7, 11) is 0. The third-order valence-electron chi connectivity index (χ3n) is 7.83. The summed E-state index contributed by atoms with van der Waals surface area (Å²) < 4.78 is 60.5. The summed E-state index contributed by atoms with van der Waals surface area (Å²) in [6.07, 6.45) is 7.53. The van der Waals surface area contributed by atoms with Gasteiger partial charge in [0.2, 0.25) is 0 Å². The Bertz CT molecular complexity index is 1990. The van der Waals surface area contributed by atoms with Gasteiger partial charge in [0.1, 0.15) is 11.7 Å². The van der Waals surface area contributed by atoms with E-state index in [1.807, 2.05) is 37.6 Å². The van der Waals surface area contributed by atoms with Gasteiger partial charge < -0.3 is 13.2 Å². The van der Waals surface area contributed by atoms with Crippen LogP contribution in [0.1, 0.15) is 71.9 Å². The minimum Gasteiger partial charge on any atom is -0.303 e. The first-order chi connectivity index (χ1) is 20.1. The zero-order valence-corrected chi connectivity index (χ0v) is 23.2. The monoisotopic (exact) mass is 573 g/mol. The van der Waals surface area contributed by atoms with Crippen molar-refractivity contribution in [3.63, 3.8) is 0 Å². The van der Waals surface area contributed by atoms with E-state index in [0.717, 1.165) is 35.0 Å². The third-order valence-corrected chi connectivity index (χ3v) is 7.83. The second kappa shape index (κ2) is 10.3. The molecule has 6 aromatic heterocycles. The lowest BCUT2D eigenvalue weighted by Crippen LogP contribution is -2.09. The van der Waals surface area contributed by atoms with Crippen LogP contribution in [0.25, 0.3) is 16.9 Å². The number of fused-ring (bicyclic) bond motifs is 3. The maximum absolute atomic E-state index is 14.8. The Kier molecular flexibility index (Phi) is 6.72. The van der Waals surface area contributed by atoms with E-state index in [9.17, 15) is 22.8 Å². The lowest BCUT2D eigenvalue weighted by atomic mass is 9.97. The summed E-state index contributed by atoms with van der Waals surface area (Å²) in [6.45, 7) is 5.94. The molecule has 214 valence electrons. The Labute approximate surface area is 238 Å². The minimum absolute atomic E-state index is 0.0655. The van der Waals surface area contributed by atoms with Crippen LogP contribution in [0.5, 0.6) is 0 Å². The highest BCUT2D eigenvalue weighted by Gasteiger charge is 2.34. The van der Waals surface area contributed by atoms with Crippen LogP contribution in [-0.4, -0.2) is 28.2 Å². The zero-order valence-electron chi connectivity index (χ0n) is 23.2. The minimum atomic E-state index is -4.51. The number of halogens is 4. The molecule has 6 rings (SSSR count). The molecule has 0 aromatic carbocycles. The molecule has 2 atom stereocenters. The van der Waals surface area contributed by atoms with Gasteiger partial charge in [-0.3, -0.25) is 0 Å². The summed E-state index contributed by atoms with van der Waals surface area (Å²) in [5.74, 6) is -0.644. The fourth-order valence-corrected chi connectivity index (χ4v) is 5.77. The standard InChI is InChI=1S/C31H27F4N7/c1-4-23-13-37-30-25(32)11-21(16-41(23)30)9-19(3)27-15-38-28-22(12-36)10-20(17-42(27)28)8-18(2)26-14-39-29-24(31(33,34)35)6-5-7-40(26)29/h5-7,10-11,13-19H,4,8-9H2,1-3H3. The molecule has 0 fully saturated rings. The van der Waals surface area contributed by atoms with Crippen LogP contribution in [0.15, 0.2) is 61.4 Å². The van der Waals surface area contributed by atoms with Crippen molar-refractivity contribution in [2.24, 2.45) is 0 Å². The molecule has 0 bridgehead atoms. The largest absolute Gasteiger partial charge is 0.419 e. The predicted octanol–water partition coefficient (Wildman–Crippen LogP) is 6.91. The van der Waals surface area contributed by atoms with Gasteiger partial charge in [0.25, 0.3) is 0 Å². The Morgan fingerprint density at radius 1 is 0.857 bits per heavy atom. The van der Waals surface area contributed by atoms with E-state index in [2.05, 4.69) is 21.0 Å². The number of hydrogen-bond acceptors (Lipinski definition) is 4. The average molecular weight is 574 g/mol. The second-order valence-electron chi connectivity index (χ2n) is 10.8.